The lowest BCUT2D eigenvalue weighted by Crippen LogP contribution is -2.32. The van der Waals surface area contributed by atoms with Crippen molar-refractivity contribution in [1.82, 2.24) is 9.97 Å². The van der Waals surface area contributed by atoms with E-state index in [1.54, 1.807) is 20.8 Å². The fourth-order valence-corrected chi connectivity index (χ4v) is 1.47. The highest BCUT2D eigenvalue weighted by atomic mass is 35.5. The first-order chi connectivity index (χ1) is 8.74. The van der Waals surface area contributed by atoms with E-state index in [0.29, 0.717) is 0 Å². The van der Waals surface area contributed by atoms with Crippen molar-refractivity contribution in [1.29, 1.82) is 0 Å². The minimum Gasteiger partial charge on any atom is -0.468 e. The van der Waals surface area contributed by atoms with Crippen LogP contribution < -0.4 is 0 Å². The maximum atomic E-state index is 12.0. The molecule has 0 spiro atoms. The van der Waals surface area contributed by atoms with Crippen LogP contribution in [0.5, 0.6) is 0 Å². The second-order valence-electron chi connectivity index (χ2n) is 4.76. The van der Waals surface area contributed by atoms with Crippen molar-refractivity contribution in [2.75, 3.05) is 7.11 Å². The van der Waals surface area contributed by atoms with Crippen molar-refractivity contribution in [3.8, 4) is 0 Å². The van der Waals surface area contributed by atoms with Gasteiger partial charge < -0.3 is 9.47 Å². The first kappa shape index (κ1) is 15.4. The number of carbonyl (C=O) groups is 2. The highest BCUT2D eigenvalue weighted by molar-refractivity contribution is 6.29. The summed E-state index contributed by atoms with van der Waals surface area (Å²) in [5, 5.41) is 0.0787. The topological polar surface area (TPSA) is 78.4 Å². The largest absolute Gasteiger partial charge is 0.468 e. The van der Waals surface area contributed by atoms with Crippen molar-refractivity contribution in [3.05, 3.63) is 23.2 Å². The second-order valence-corrected chi connectivity index (χ2v) is 5.14. The van der Waals surface area contributed by atoms with Gasteiger partial charge in [-0.2, -0.15) is 0 Å². The van der Waals surface area contributed by atoms with Crippen molar-refractivity contribution < 1.29 is 19.1 Å². The van der Waals surface area contributed by atoms with Gasteiger partial charge in [0, 0.05) is 6.20 Å². The van der Waals surface area contributed by atoms with Crippen LogP contribution in [0.25, 0.3) is 0 Å². The number of aromatic nitrogens is 2. The van der Waals surface area contributed by atoms with Gasteiger partial charge in [-0.25, -0.2) is 4.98 Å². The van der Waals surface area contributed by atoms with E-state index < -0.39 is 23.5 Å². The zero-order valence-electron chi connectivity index (χ0n) is 11.1. The maximum Gasteiger partial charge on any atom is 0.327 e. The molecule has 0 amide bonds. The number of rotatable bonds is 3. The molecule has 1 unspecified atom stereocenters. The van der Waals surface area contributed by atoms with E-state index in [9.17, 15) is 9.59 Å². The Morgan fingerprint density at radius 2 is 1.89 bits per heavy atom. The molecule has 1 atom stereocenters. The fourth-order valence-electron chi connectivity index (χ4n) is 1.31. The van der Waals surface area contributed by atoms with Crippen LogP contribution in [0.3, 0.4) is 0 Å². The number of esters is 2. The third-order valence-electron chi connectivity index (χ3n) is 2.00. The Labute approximate surface area is 116 Å². The zero-order chi connectivity index (χ0) is 14.6. The van der Waals surface area contributed by atoms with E-state index in [0.717, 1.165) is 0 Å². The number of hydrogen-bond donors (Lipinski definition) is 0. The van der Waals surface area contributed by atoms with Crippen LogP contribution in [0.4, 0.5) is 0 Å². The van der Waals surface area contributed by atoms with Crippen molar-refractivity contribution in [2.24, 2.45) is 0 Å². The lowest BCUT2D eigenvalue weighted by Gasteiger charge is -2.22. The summed E-state index contributed by atoms with van der Waals surface area (Å²) < 4.78 is 9.76. The molecule has 1 heterocycles. The molecule has 0 saturated carbocycles. The molecule has 0 radical (unpaired) electrons. The predicted octanol–water partition coefficient (Wildman–Crippen LogP) is 1.73. The maximum absolute atomic E-state index is 12.0. The summed E-state index contributed by atoms with van der Waals surface area (Å²) in [5.41, 5.74) is -0.636. The van der Waals surface area contributed by atoms with E-state index in [1.807, 2.05) is 0 Å². The molecule has 1 aromatic heterocycles. The van der Waals surface area contributed by atoms with Gasteiger partial charge >= 0.3 is 11.9 Å². The first-order valence-corrected chi connectivity index (χ1v) is 5.90. The van der Waals surface area contributed by atoms with Gasteiger partial charge in [0.05, 0.1) is 19.0 Å². The van der Waals surface area contributed by atoms with E-state index in [4.69, 9.17) is 16.3 Å². The zero-order valence-corrected chi connectivity index (χ0v) is 11.9. The average molecular weight is 287 g/mol. The van der Waals surface area contributed by atoms with Crippen LogP contribution in [-0.2, 0) is 19.1 Å². The smallest absolute Gasteiger partial charge is 0.327 e. The van der Waals surface area contributed by atoms with Gasteiger partial charge in [-0.3, -0.25) is 14.6 Å². The van der Waals surface area contributed by atoms with Gasteiger partial charge in [0.1, 0.15) is 10.8 Å². The summed E-state index contributed by atoms with van der Waals surface area (Å²) in [6, 6.07) is 0. The quantitative estimate of drug-likeness (QED) is 0.622. The number of nitrogens with zero attached hydrogens (tertiary/aromatic N) is 2. The molecule has 0 aromatic carbocycles. The summed E-state index contributed by atoms with van der Waals surface area (Å²) >= 11 is 5.70. The van der Waals surface area contributed by atoms with Crippen LogP contribution in [0, 0.1) is 0 Å². The van der Waals surface area contributed by atoms with Gasteiger partial charge in [0.25, 0.3) is 0 Å². The van der Waals surface area contributed by atoms with E-state index in [2.05, 4.69) is 14.7 Å². The highest BCUT2D eigenvalue weighted by Crippen LogP contribution is 2.21. The van der Waals surface area contributed by atoms with E-state index in [-0.39, 0.29) is 10.8 Å². The Hall–Kier alpha value is -1.69. The van der Waals surface area contributed by atoms with E-state index in [1.165, 1.54) is 19.5 Å². The van der Waals surface area contributed by atoms with Crippen molar-refractivity contribution in [3.63, 3.8) is 0 Å². The van der Waals surface area contributed by atoms with Gasteiger partial charge in [0.2, 0.25) is 0 Å². The third kappa shape index (κ3) is 4.48. The molecule has 0 N–H and O–H groups in total. The molecule has 104 valence electrons. The van der Waals surface area contributed by atoms with Crippen LogP contribution in [-0.4, -0.2) is 34.6 Å². The average Bonchev–Trinajstić information content (AvgIpc) is 2.26. The highest BCUT2D eigenvalue weighted by Gasteiger charge is 2.35. The van der Waals surface area contributed by atoms with Crippen LogP contribution in [0.1, 0.15) is 32.4 Å². The Kier molecular flexibility index (Phi) is 4.83. The molecule has 7 heteroatoms. The Bertz CT molecular complexity index is 485. The van der Waals surface area contributed by atoms with Gasteiger partial charge in [0.15, 0.2) is 5.92 Å². The molecule has 0 bridgehead atoms. The predicted molar refractivity (Wildman–Crippen MR) is 67.6 cm³/mol. The molecule has 0 aliphatic heterocycles. The third-order valence-corrected chi connectivity index (χ3v) is 2.18. The Balaban J connectivity index is 3.09. The molecule has 6 nitrogen and oxygen atoms in total. The molecular formula is C12H15ClN2O4. The molecule has 1 rings (SSSR count). The lowest BCUT2D eigenvalue weighted by atomic mass is 10.1. The molecular weight excluding hydrogens is 272 g/mol. The summed E-state index contributed by atoms with van der Waals surface area (Å²) in [7, 11) is 1.18. The standard InChI is InChI=1S/C12H15ClN2O4/c1-12(2,3)19-11(17)9(10(16)18-4)7-5-14-6-8(13)15-7/h5-6,9H,1-4H3. The van der Waals surface area contributed by atoms with Crippen molar-refractivity contribution >= 4 is 23.5 Å². The van der Waals surface area contributed by atoms with Gasteiger partial charge in [-0.05, 0) is 20.8 Å². The SMILES string of the molecule is COC(=O)C(C(=O)OC(C)(C)C)c1cncc(Cl)n1. The number of methoxy groups -OCH3 is 1. The van der Waals surface area contributed by atoms with E-state index >= 15 is 0 Å². The van der Waals surface area contributed by atoms with Crippen molar-refractivity contribution in [2.45, 2.75) is 32.3 Å². The van der Waals surface area contributed by atoms with Crippen LogP contribution in [0.2, 0.25) is 5.15 Å². The van der Waals surface area contributed by atoms with Crippen LogP contribution >= 0.6 is 11.6 Å². The Morgan fingerprint density at radius 1 is 1.26 bits per heavy atom. The van der Waals surface area contributed by atoms with Gasteiger partial charge in [-0.1, -0.05) is 11.6 Å². The monoisotopic (exact) mass is 286 g/mol. The fraction of sp³-hybridized carbons (Fsp3) is 0.500. The first-order valence-electron chi connectivity index (χ1n) is 5.52. The summed E-state index contributed by atoms with van der Waals surface area (Å²) in [5.74, 6) is -2.82. The summed E-state index contributed by atoms with van der Waals surface area (Å²) in [4.78, 5) is 31.4. The normalized spacial score (nSPS) is 12.7. The summed E-state index contributed by atoms with van der Waals surface area (Å²) in [6.07, 6.45) is 2.58. The minimum atomic E-state index is -1.30. The molecule has 0 aliphatic rings. The number of halogens is 1. The lowest BCUT2D eigenvalue weighted by molar-refractivity contribution is -0.163. The minimum absolute atomic E-state index is 0.0787. The summed E-state index contributed by atoms with van der Waals surface area (Å²) in [6.45, 7) is 5.09. The number of carbonyl (C=O) groups excluding carboxylic acids is 2. The van der Waals surface area contributed by atoms with Crippen LogP contribution in [0.15, 0.2) is 12.4 Å². The number of ether oxygens (including phenoxy) is 2. The number of hydrogen-bond acceptors (Lipinski definition) is 6. The molecule has 0 fully saturated rings. The molecule has 0 saturated heterocycles. The second kappa shape index (κ2) is 5.97. The molecule has 1 aromatic rings. The molecule has 19 heavy (non-hydrogen) atoms. The molecule has 0 aliphatic carbocycles. The Morgan fingerprint density at radius 3 is 2.37 bits per heavy atom. The van der Waals surface area contributed by atoms with Gasteiger partial charge in [-0.15, -0.1) is 0 Å².